The lowest BCUT2D eigenvalue weighted by Crippen LogP contribution is -2.24. The summed E-state index contributed by atoms with van der Waals surface area (Å²) >= 11 is 1.23. The van der Waals surface area contributed by atoms with Crippen LogP contribution in [-0.4, -0.2) is 26.6 Å². The van der Waals surface area contributed by atoms with Crippen molar-refractivity contribution in [1.82, 2.24) is 14.8 Å². The minimum absolute atomic E-state index is 0.236. The molecule has 4 rings (SSSR count). The fourth-order valence-corrected chi connectivity index (χ4v) is 3.72. The van der Waals surface area contributed by atoms with Crippen LogP contribution in [0.4, 0.5) is 15.8 Å². The molecule has 146 valence electrons. The van der Waals surface area contributed by atoms with Crippen molar-refractivity contribution in [3.8, 4) is 0 Å². The molecule has 0 bridgehead atoms. The molecule has 9 heteroatoms. The molecule has 0 aliphatic carbocycles. The van der Waals surface area contributed by atoms with Gasteiger partial charge in [-0.15, -0.1) is 11.3 Å². The van der Waals surface area contributed by atoms with E-state index in [1.807, 2.05) is 0 Å². The Labute approximate surface area is 169 Å². The highest BCUT2D eigenvalue weighted by atomic mass is 32.1. The predicted octanol–water partition coefficient (Wildman–Crippen LogP) is 4.08. The molecule has 2 N–H and O–H groups in total. The first-order chi connectivity index (χ1) is 14.0. The summed E-state index contributed by atoms with van der Waals surface area (Å²) in [6.45, 7) is 1.71. The Morgan fingerprint density at radius 3 is 2.48 bits per heavy atom. The predicted molar refractivity (Wildman–Crippen MR) is 110 cm³/mol. The molecule has 29 heavy (non-hydrogen) atoms. The number of thiophene rings is 1. The number of nitrogens with one attached hydrogen (secondary N) is 2. The number of benzene rings is 2. The van der Waals surface area contributed by atoms with E-state index in [1.54, 1.807) is 49.4 Å². The van der Waals surface area contributed by atoms with Crippen LogP contribution >= 0.6 is 11.3 Å². The number of aromatic nitrogens is 3. The lowest BCUT2D eigenvalue weighted by molar-refractivity contribution is -0.119. The van der Waals surface area contributed by atoms with E-state index in [1.165, 1.54) is 34.7 Å². The fourth-order valence-electron chi connectivity index (χ4n) is 2.75. The second kappa shape index (κ2) is 7.80. The zero-order valence-corrected chi connectivity index (χ0v) is 16.1. The molecule has 0 aliphatic rings. The van der Waals surface area contributed by atoms with Crippen molar-refractivity contribution in [1.29, 1.82) is 0 Å². The Balaban J connectivity index is 1.41. The van der Waals surface area contributed by atoms with Crippen molar-refractivity contribution in [3.05, 3.63) is 71.9 Å². The molecule has 1 atom stereocenters. The van der Waals surface area contributed by atoms with Gasteiger partial charge in [-0.25, -0.2) is 14.1 Å². The first kappa shape index (κ1) is 18.8. The van der Waals surface area contributed by atoms with Crippen LogP contribution in [0.25, 0.3) is 10.1 Å². The number of nitrogens with zero attached hydrogens (tertiary/aromatic N) is 3. The highest BCUT2D eigenvalue weighted by Gasteiger charge is 2.16. The zero-order chi connectivity index (χ0) is 20.4. The van der Waals surface area contributed by atoms with Gasteiger partial charge in [-0.05, 0) is 49.4 Å². The van der Waals surface area contributed by atoms with Gasteiger partial charge in [0.25, 0.3) is 5.91 Å². The molecule has 0 aliphatic heterocycles. The molecule has 2 aromatic carbocycles. The van der Waals surface area contributed by atoms with Crippen LogP contribution in [0.3, 0.4) is 0 Å². The largest absolute Gasteiger partial charge is 0.324 e. The molecule has 0 saturated carbocycles. The van der Waals surface area contributed by atoms with Crippen LogP contribution < -0.4 is 10.6 Å². The van der Waals surface area contributed by atoms with Gasteiger partial charge in [0.15, 0.2) is 0 Å². The second-order valence-electron chi connectivity index (χ2n) is 6.33. The number of carbonyl (C=O) groups excluding carboxylic acids is 2. The minimum Gasteiger partial charge on any atom is -0.324 e. The number of fused-ring (bicyclic) bond motifs is 1. The van der Waals surface area contributed by atoms with E-state index in [-0.39, 0.29) is 17.6 Å². The van der Waals surface area contributed by atoms with Gasteiger partial charge in [-0.1, -0.05) is 6.07 Å². The van der Waals surface area contributed by atoms with Crippen molar-refractivity contribution >= 4 is 44.6 Å². The van der Waals surface area contributed by atoms with E-state index >= 15 is 0 Å². The minimum atomic E-state index is -0.509. The maximum atomic E-state index is 13.8. The van der Waals surface area contributed by atoms with E-state index in [0.29, 0.717) is 21.6 Å². The maximum Gasteiger partial charge on any atom is 0.265 e. The molecule has 0 spiro atoms. The first-order valence-corrected chi connectivity index (χ1v) is 9.57. The molecule has 2 aromatic heterocycles. The Morgan fingerprint density at radius 2 is 1.83 bits per heavy atom. The van der Waals surface area contributed by atoms with Gasteiger partial charge in [0, 0.05) is 21.5 Å². The third-order valence-corrected chi connectivity index (χ3v) is 5.45. The molecule has 4 aromatic rings. The summed E-state index contributed by atoms with van der Waals surface area (Å²) in [6, 6.07) is 12.5. The highest BCUT2D eigenvalue weighted by molar-refractivity contribution is 7.20. The maximum absolute atomic E-state index is 13.8. The fraction of sp³-hybridized carbons (Fsp3) is 0.100. The van der Waals surface area contributed by atoms with Gasteiger partial charge in [-0.3, -0.25) is 9.59 Å². The SMILES string of the molecule is CC(C(=O)Nc1ccc(NC(=O)c2cc3c(F)cccc3s2)cc1)n1cncn1. The van der Waals surface area contributed by atoms with Crippen molar-refractivity contribution in [2.24, 2.45) is 0 Å². The van der Waals surface area contributed by atoms with E-state index < -0.39 is 6.04 Å². The Kier molecular flexibility index (Phi) is 5.05. The molecular weight excluding hydrogens is 393 g/mol. The third-order valence-electron chi connectivity index (χ3n) is 4.36. The average Bonchev–Trinajstić information content (AvgIpc) is 3.39. The van der Waals surface area contributed by atoms with Crippen molar-refractivity contribution < 1.29 is 14.0 Å². The number of anilines is 2. The normalized spacial score (nSPS) is 11.9. The summed E-state index contributed by atoms with van der Waals surface area (Å²) in [6.07, 6.45) is 2.84. The number of carbonyl (C=O) groups is 2. The Bertz CT molecular complexity index is 1170. The lowest BCUT2D eigenvalue weighted by Gasteiger charge is -2.12. The van der Waals surface area contributed by atoms with E-state index in [2.05, 4.69) is 20.7 Å². The molecular formula is C20H16FN5O2S. The standard InChI is InChI=1S/C20H16FN5O2S/c1-12(26-11-22-10-23-26)19(27)24-13-5-7-14(8-6-13)25-20(28)18-9-15-16(21)3-2-4-17(15)29-18/h2-12H,1H3,(H,24,27)(H,25,28). The van der Waals surface area contributed by atoms with Crippen molar-refractivity contribution in [2.45, 2.75) is 13.0 Å². The van der Waals surface area contributed by atoms with Crippen LogP contribution in [0, 0.1) is 5.82 Å². The van der Waals surface area contributed by atoms with Gasteiger partial charge in [0.2, 0.25) is 5.91 Å². The smallest absolute Gasteiger partial charge is 0.265 e. The monoisotopic (exact) mass is 409 g/mol. The number of hydrogen-bond acceptors (Lipinski definition) is 5. The van der Waals surface area contributed by atoms with Crippen molar-refractivity contribution in [3.63, 3.8) is 0 Å². The Hall–Kier alpha value is -3.59. The topological polar surface area (TPSA) is 88.9 Å². The first-order valence-electron chi connectivity index (χ1n) is 8.76. The van der Waals surface area contributed by atoms with Crippen LogP contribution in [0.15, 0.2) is 61.2 Å². The quantitative estimate of drug-likeness (QED) is 0.520. The van der Waals surface area contributed by atoms with Crippen LogP contribution in [0.2, 0.25) is 0 Å². The number of hydrogen-bond donors (Lipinski definition) is 2. The summed E-state index contributed by atoms with van der Waals surface area (Å²) in [5.74, 6) is -0.903. The molecule has 2 heterocycles. The van der Waals surface area contributed by atoms with E-state index in [0.717, 1.165) is 4.70 Å². The zero-order valence-electron chi connectivity index (χ0n) is 15.3. The molecule has 0 radical (unpaired) electrons. The van der Waals surface area contributed by atoms with Crippen molar-refractivity contribution in [2.75, 3.05) is 10.6 Å². The van der Waals surface area contributed by atoms with E-state index in [9.17, 15) is 14.0 Å². The summed E-state index contributed by atoms with van der Waals surface area (Å²) in [4.78, 5) is 29.0. The van der Waals surface area contributed by atoms with Gasteiger partial charge >= 0.3 is 0 Å². The van der Waals surface area contributed by atoms with Gasteiger partial charge < -0.3 is 10.6 Å². The van der Waals surface area contributed by atoms with Gasteiger partial charge in [0.05, 0.1) is 4.88 Å². The number of rotatable bonds is 5. The third kappa shape index (κ3) is 3.99. The number of halogens is 1. The molecule has 2 amide bonds. The van der Waals surface area contributed by atoms with Crippen LogP contribution in [-0.2, 0) is 4.79 Å². The Morgan fingerprint density at radius 1 is 1.10 bits per heavy atom. The highest BCUT2D eigenvalue weighted by Crippen LogP contribution is 2.28. The summed E-state index contributed by atoms with van der Waals surface area (Å²) < 4.78 is 16.0. The summed E-state index contributed by atoms with van der Waals surface area (Å²) in [5, 5.41) is 9.95. The molecule has 0 saturated heterocycles. The summed E-state index contributed by atoms with van der Waals surface area (Å²) in [5.41, 5.74) is 1.15. The van der Waals surface area contributed by atoms with Gasteiger partial charge in [0.1, 0.15) is 24.5 Å². The number of amides is 2. The van der Waals surface area contributed by atoms with Crippen LogP contribution in [0.5, 0.6) is 0 Å². The molecule has 0 fully saturated rings. The summed E-state index contributed by atoms with van der Waals surface area (Å²) in [7, 11) is 0. The molecule has 1 unspecified atom stereocenters. The van der Waals surface area contributed by atoms with E-state index in [4.69, 9.17) is 0 Å². The average molecular weight is 409 g/mol. The van der Waals surface area contributed by atoms with Crippen LogP contribution in [0.1, 0.15) is 22.6 Å². The lowest BCUT2D eigenvalue weighted by atomic mass is 10.2. The molecule has 7 nitrogen and oxygen atoms in total. The second-order valence-corrected chi connectivity index (χ2v) is 7.42. The van der Waals surface area contributed by atoms with Gasteiger partial charge in [-0.2, -0.15) is 5.10 Å².